The van der Waals surface area contributed by atoms with Crippen LogP contribution in [0.3, 0.4) is 0 Å². The summed E-state index contributed by atoms with van der Waals surface area (Å²) in [6.45, 7) is 0. The van der Waals surface area contributed by atoms with Gasteiger partial charge in [0.25, 0.3) is 5.91 Å². The van der Waals surface area contributed by atoms with E-state index in [1.165, 1.54) is 13.3 Å². The van der Waals surface area contributed by atoms with E-state index in [1.54, 1.807) is 42.5 Å². The average molecular weight is 362 g/mol. The van der Waals surface area contributed by atoms with E-state index in [9.17, 15) is 10.1 Å². The van der Waals surface area contributed by atoms with Crippen molar-refractivity contribution in [3.8, 4) is 11.8 Å². The number of methoxy groups -OCH3 is 1. The van der Waals surface area contributed by atoms with Crippen LogP contribution in [0.5, 0.6) is 5.75 Å². The minimum Gasteiger partial charge on any atom is -0.495 e. The van der Waals surface area contributed by atoms with Crippen LogP contribution in [-0.4, -0.2) is 13.0 Å². The molecule has 0 atom stereocenters. The van der Waals surface area contributed by atoms with Crippen molar-refractivity contribution in [3.05, 3.63) is 64.3 Å². The Morgan fingerprint density at radius 1 is 1.21 bits per heavy atom. The topological polar surface area (TPSA) is 74.1 Å². The highest BCUT2D eigenvalue weighted by Crippen LogP contribution is 2.28. The third-order valence-corrected chi connectivity index (χ3v) is 3.59. The van der Waals surface area contributed by atoms with Gasteiger partial charge in [0.15, 0.2) is 0 Å². The highest BCUT2D eigenvalue weighted by molar-refractivity contribution is 6.34. The zero-order valence-electron chi connectivity index (χ0n) is 12.6. The Kier molecular flexibility index (Phi) is 6.07. The van der Waals surface area contributed by atoms with Crippen LogP contribution in [0.15, 0.2) is 54.2 Å². The normalized spacial score (nSPS) is 10.7. The second-order valence-corrected chi connectivity index (χ2v) is 5.44. The van der Waals surface area contributed by atoms with Crippen LogP contribution in [0.25, 0.3) is 0 Å². The number of hydrogen-bond donors (Lipinski definition) is 2. The Morgan fingerprint density at radius 3 is 2.62 bits per heavy atom. The molecule has 24 heavy (non-hydrogen) atoms. The quantitative estimate of drug-likeness (QED) is 0.608. The number of hydrogen-bond acceptors (Lipinski definition) is 4. The first-order chi connectivity index (χ1) is 11.5. The van der Waals surface area contributed by atoms with E-state index in [0.717, 1.165) is 0 Å². The van der Waals surface area contributed by atoms with E-state index in [-0.39, 0.29) is 5.57 Å². The number of anilines is 2. The summed E-state index contributed by atoms with van der Waals surface area (Å²) in [5, 5.41) is 15.5. The van der Waals surface area contributed by atoms with Crippen molar-refractivity contribution in [1.29, 1.82) is 5.26 Å². The molecule has 1 amide bonds. The van der Waals surface area contributed by atoms with E-state index in [4.69, 9.17) is 27.9 Å². The molecule has 2 rings (SSSR count). The van der Waals surface area contributed by atoms with Crippen molar-refractivity contribution in [2.24, 2.45) is 0 Å². The molecule has 0 saturated carbocycles. The van der Waals surface area contributed by atoms with Gasteiger partial charge in [0.1, 0.15) is 17.4 Å². The van der Waals surface area contributed by atoms with Crippen LogP contribution >= 0.6 is 23.2 Å². The molecule has 2 aromatic rings. The predicted octanol–water partition coefficient (Wildman–Crippen LogP) is 4.46. The van der Waals surface area contributed by atoms with E-state index in [1.807, 2.05) is 6.07 Å². The van der Waals surface area contributed by atoms with Crippen LogP contribution < -0.4 is 15.4 Å². The lowest BCUT2D eigenvalue weighted by atomic mass is 10.2. The molecule has 0 aromatic heterocycles. The molecule has 0 spiro atoms. The molecule has 0 aliphatic heterocycles. The monoisotopic (exact) mass is 361 g/mol. The molecule has 0 heterocycles. The van der Waals surface area contributed by atoms with Gasteiger partial charge in [-0.25, -0.2) is 0 Å². The van der Waals surface area contributed by atoms with Gasteiger partial charge in [-0.05, 0) is 30.3 Å². The Hall–Kier alpha value is -2.68. The van der Waals surface area contributed by atoms with Gasteiger partial charge in [-0.15, -0.1) is 0 Å². The van der Waals surface area contributed by atoms with Gasteiger partial charge in [0.2, 0.25) is 0 Å². The number of benzene rings is 2. The minimum absolute atomic E-state index is 0.128. The van der Waals surface area contributed by atoms with Gasteiger partial charge in [0, 0.05) is 11.2 Å². The summed E-state index contributed by atoms with van der Waals surface area (Å²) in [5.41, 5.74) is 0.825. The first-order valence-electron chi connectivity index (χ1n) is 6.81. The number of rotatable bonds is 5. The van der Waals surface area contributed by atoms with Crippen LogP contribution in [0, 0.1) is 11.3 Å². The third-order valence-electron chi connectivity index (χ3n) is 3.02. The Balaban J connectivity index is 2.18. The zero-order valence-corrected chi connectivity index (χ0v) is 14.2. The SMILES string of the molecule is COc1ccc(Cl)cc1N/C=C(/C#N)C(=O)Nc1ccccc1Cl. The number of para-hydroxylation sites is 1. The van der Waals surface area contributed by atoms with Crippen molar-refractivity contribution in [2.75, 3.05) is 17.7 Å². The Labute approximate surface area is 149 Å². The number of carbonyl (C=O) groups is 1. The summed E-state index contributed by atoms with van der Waals surface area (Å²) in [6.07, 6.45) is 1.28. The zero-order chi connectivity index (χ0) is 17.5. The van der Waals surface area contributed by atoms with Crippen molar-refractivity contribution in [2.45, 2.75) is 0 Å². The van der Waals surface area contributed by atoms with Crippen LogP contribution in [0.1, 0.15) is 0 Å². The van der Waals surface area contributed by atoms with Crippen molar-refractivity contribution >= 4 is 40.5 Å². The lowest BCUT2D eigenvalue weighted by molar-refractivity contribution is -0.112. The molecule has 0 radical (unpaired) electrons. The summed E-state index contributed by atoms with van der Waals surface area (Å²) >= 11 is 11.9. The van der Waals surface area contributed by atoms with Gasteiger partial charge >= 0.3 is 0 Å². The highest BCUT2D eigenvalue weighted by atomic mass is 35.5. The van der Waals surface area contributed by atoms with Crippen molar-refractivity contribution < 1.29 is 9.53 Å². The molecule has 0 saturated heterocycles. The number of nitrogens with zero attached hydrogens (tertiary/aromatic N) is 1. The second-order valence-electron chi connectivity index (χ2n) is 4.59. The van der Waals surface area contributed by atoms with Gasteiger partial charge in [0.05, 0.1) is 23.5 Å². The number of nitrogens with one attached hydrogen (secondary N) is 2. The van der Waals surface area contributed by atoms with E-state index in [0.29, 0.717) is 27.2 Å². The molecule has 122 valence electrons. The van der Waals surface area contributed by atoms with Crippen molar-refractivity contribution in [3.63, 3.8) is 0 Å². The Bertz CT molecular complexity index is 829. The predicted molar refractivity (Wildman–Crippen MR) is 95.4 cm³/mol. The lowest BCUT2D eigenvalue weighted by Crippen LogP contribution is -2.14. The fourth-order valence-corrected chi connectivity index (χ4v) is 2.20. The smallest absolute Gasteiger partial charge is 0.267 e. The molecule has 0 bridgehead atoms. The first-order valence-corrected chi connectivity index (χ1v) is 7.57. The summed E-state index contributed by atoms with van der Waals surface area (Å²) in [5.74, 6) is -0.0569. The van der Waals surface area contributed by atoms with Crippen LogP contribution in [-0.2, 0) is 4.79 Å². The fraction of sp³-hybridized carbons (Fsp3) is 0.0588. The molecule has 0 unspecified atom stereocenters. The molecular formula is C17H13Cl2N3O2. The second kappa shape index (κ2) is 8.25. The molecule has 2 aromatic carbocycles. The van der Waals surface area contributed by atoms with E-state index >= 15 is 0 Å². The molecule has 5 nitrogen and oxygen atoms in total. The molecular weight excluding hydrogens is 349 g/mol. The van der Waals surface area contributed by atoms with Gasteiger partial charge in [-0.2, -0.15) is 5.26 Å². The maximum Gasteiger partial charge on any atom is 0.267 e. The summed E-state index contributed by atoms with van der Waals surface area (Å²) in [4.78, 5) is 12.2. The average Bonchev–Trinajstić information content (AvgIpc) is 2.57. The van der Waals surface area contributed by atoms with Crippen molar-refractivity contribution in [1.82, 2.24) is 0 Å². The molecule has 2 N–H and O–H groups in total. The number of halogens is 2. The largest absolute Gasteiger partial charge is 0.495 e. The minimum atomic E-state index is -0.584. The van der Waals surface area contributed by atoms with Crippen LogP contribution in [0.2, 0.25) is 10.0 Å². The summed E-state index contributed by atoms with van der Waals surface area (Å²) in [6, 6.07) is 13.6. The number of nitriles is 1. The lowest BCUT2D eigenvalue weighted by Gasteiger charge is -2.09. The van der Waals surface area contributed by atoms with Gasteiger partial charge in [-0.3, -0.25) is 4.79 Å². The highest BCUT2D eigenvalue weighted by Gasteiger charge is 2.11. The summed E-state index contributed by atoms with van der Waals surface area (Å²) in [7, 11) is 1.51. The van der Waals surface area contributed by atoms with E-state index < -0.39 is 5.91 Å². The number of ether oxygens (including phenoxy) is 1. The standard InChI is InChI=1S/C17H13Cl2N3O2/c1-24-16-7-6-12(18)8-15(16)21-10-11(9-20)17(23)22-14-5-3-2-4-13(14)19/h2-8,10,21H,1H3,(H,22,23)/b11-10-. The molecule has 0 aliphatic rings. The molecule has 0 fully saturated rings. The number of amides is 1. The molecule has 0 aliphatic carbocycles. The van der Waals surface area contributed by atoms with E-state index in [2.05, 4.69) is 10.6 Å². The maximum atomic E-state index is 12.2. The summed E-state index contributed by atoms with van der Waals surface area (Å²) < 4.78 is 5.19. The fourth-order valence-electron chi connectivity index (χ4n) is 1.84. The maximum absolute atomic E-state index is 12.2. The number of carbonyl (C=O) groups excluding carboxylic acids is 1. The third kappa shape index (κ3) is 4.42. The van der Waals surface area contributed by atoms with Crippen LogP contribution in [0.4, 0.5) is 11.4 Å². The molecule has 7 heteroatoms. The Morgan fingerprint density at radius 2 is 1.96 bits per heavy atom. The first kappa shape index (κ1) is 17.7. The van der Waals surface area contributed by atoms with Gasteiger partial charge in [-0.1, -0.05) is 35.3 Å². The van der Waals surface area contributed by atoms with Gasteiger partial charge < -0.3 is 15.4 Å².